The van der Waals surface area contributed by atoms with Gasteiger partial charge in [-0.3, -0.25) is 0 Å². The molecule has 0 spiro atoms. The van der Waals surface area contributed by atoms with E-state index in [2.05, 4.69) is 5.32 Å². The van der Waals surface area contributed by atoms with Crippen molar-refractivity contribution in [1.82, 2.24) is 10.2 Å². The summed E-state index contributed by atoms with van der Waals surface area (Å²) in [5.41, 5.74) is 2.26. The van der Waals surface area contributed by atoms with Crippen LogP contribution in [0.2, 0.25) is 0 Å². The van der Waals surface area contributed by atoms with Crippen LogP contribution in [0, 0.1) is 0 Å². The van der Waals surface area contributed by atoms with Crippen LogP contribution in [-0.2, 0) is 33.9 Å². The molecule has 0 fully saturated rings. The van der Waals surface area contributed by atoms with Gasteiger partial charge in [0.05, 0.1) is 6.54 Å². The number of rotatable bonds is 11. The first-order valence-corrected chi connectivity index (χ1v) is 12.6. The number of carbonyl (C=O) groups excluding carboxylic acids is 2. The van der Waals surface area contributed by atoms with Gasteiger partial charge in [-0.15, -0.1) is 0 Å². The van der Waals surface area contributed by atoms with Gasteiger partial charge in [-0.05, 0) is 27.5 Å². The van der Waals surface area contributed by atoms with Crippen molar-refractivity contribution in [3.63, 3.8) is 0 Å². The van der Waals surface area contributed by atoms with Gasteiger partial charge in [0.1, 0.15) is 12.6 Å². The van der Waals surface area contributed by atoms with Crippen molar-refractivity contribution >= 4 is 28.7 Å². The molecular formula is C31H30N2O6. The van der Waals surface area contributed by atoms with Crippen LogP contribution in [0.4, 0.5) is 4.79 Å². The Morgan fingerprint density at radius 1 is 0.769 bits per heavy atom. The third-order valence-corrected chi connectivity index (χ3v) is 6.24. The van der Waals surface area contributed by atoms with Gasteiger partial charge in [0.15, 0.2) is 6.10 Å². The maximum Gasteiger partial charge on any atom is 0.337 e. The smallest absolute Gasteiger partial charge is 0.337 e. The van der Waals surface area contributed by atoms with E-state index in [-0.39, 0.29) is 26.1 Å². The molecule has 0 aliphatic heterocycles. The maximum atomic E-state index is 13.3. The number of nitrogens with zero attached hydrogens (tertiary/aromatic N) is 1. The Labute approximate surface area is 226 Å². The monoisotopic (exact) mass is 526 g/mol. The van der Waals surface area contributed by atoms with Crippen molar-refractivity contribution in [2.75, 3.05) is 6.54 Å². The molecule has 2 atom stereocenters. The van der Waals surface area contributed by atoms with Crippen LogP contribution < -0.4 is 5.32 Å². The van der Waals surface area contributed by atoms with Crippen molar-refractivity contribution < 1.29 is 29.3 Å². The summed E-state index contributed by atoms with van der Waals surface area (Å²) in [7, 11) is 0. The molecule has 1 unspecified atom stereocenters. The van der Waals surface area contributed by atoms with Gasteiger partial charge in [0, 0.05) is 13.0 Å². The molecule has 0 aliphatic carbocycles. The molecule has 4 aromatic rings. The van der Waals surface area contributed by atoms with Crippen molar-refractivity contribution in [3.05, 3.63) is 120 Å². The maximum absolute atomic E-state index is 13.3. The zero-order chi connectivity index (χ0) is 27.6. The molecule has 0 aromatic heterocycles. The van der Waals surface area contributed by atoms with Gasteiger partial charge in [-0.2, -0.15) is 0 Å². The highest BCUT2D eigenvalue weighted by Crippen LogP contribution is 2.17. The lowest BCUT2D eigenvalue weighted by Gasteiger charge is -2.27. The van der Waals surface area contributed by atoms with Crippen LogP contribution in [0.25, 0.3) is 10.8 Å². The van der Waals surface area contributed by atoms with E-state index in [1.54, 1.807) is 36.4 Å². The lowest BCUT2D eigenvalue weighted by molar-refractivity contribution is -0.155. The first-order chi connectivity index (χ1) is 18.9. The van der Waals surface area contributed by atoms with Crippen LogP contribution >= 0.6 is 0 Å². The van der Waals surface area contributed by atoms with E-state index in [0.717, 1.165) is 27.5 Å². The largest absolute Gasteiger partial charge is 0.480 e. The molecule has 0 bridgehead atoms. The lowest BCUT2D eigenvalue weighted by atomic mass is 10.0. The normalized spacial score (nSPS) is 12.3. The van der Waals surface area contributed by atoms with Crippen molar-refractivity contribution in [1.29, 1.82) is 0 Å². The van der Waals surface area contributed by atoms with Crippen LogP contribution in [0.3, 0.4) is 0 Å². The third-order valence-electron chi connectivity index (χ3n) is 6.24. The second kappa shape index (κ2) is 13.2. The van der Waals surface area contributed by atoms with Crippen molar-refractivity contribution in [2.45, 2.75) is 31.7 Å². The van der Waals surface area contributed by atoms with Gasteiger partial charge in [-0.1, -0.05) is 103 Å². The minimum absolute atomic E-state index is 0.0194. The molecule has 0 saturated carbocycles. The second-order valence-electron chi connectivity index (χ2n) is 9.20. The van der Waals surface area contributed by atoms with E-state index in [1.807, 2.05) is 66.7 Å². The predicted octanol–water partition coefficient (Wildman–Crippen LogP) is 4.15. The number of carboxylic acids is 1. The highest BCUT2D eigenvalue weighted by atomic mass is 16.5. The number of benzene rings is 4. The van der Waals surface area contributed by atoms with Gasteiger partial charge < -0.3 is 25.2 Å². The molecule has 200 valence electrons. The van der Waals surface area contributed by atoms with Crippen LogP contribution in [0.15, 0.2) is 103 Å². The molecular weight excluding hydrogens is 496 g/mol. The highest BCUT2D eigenvalue weighted by molar-refractivity contribution is 5.85. The first-order valence-electron chi connectivity index (χ1n) is 12.6. The predicted molar refractivity (Wildman–Crippen MR) is 147 cm³/mol. The number of carbonyl (C=O) groups is 3. The number of hydrogen-bond donors (Lipinski definition) is 3. The number of aliphatic hydroxyl groups is 1. The zero-order valence-corrected chi connectivity index (χ0v) is 21.3. The number of nitrogens with one attached hydrogen (secondary N) is 1. The Morgan fingerprint density at radius 3 is 2.05 bits per heavy atom. The van der Waals surface area contributed by atoms with E-state index in [1.165, 1.54) is 4.90 Å². The SMILES string of the molecule is O=C(OCc1ccccc1)C(O)CN(Cc1ccccc1)C(=O)N[C@@H](Cc1ccc2ccccc2c1)C(=O)O. The van der Waals surface area contributed by atoms with Crippen LogP contribution in [0.5, 0.6) is 0 Å². The molecule has 8 heteroatoms. The Morgan fingerprint density at radius 2 is 1.38 bits per heavy atom. The number of aliphatic carboxylic acids is 1. The zero-order valence-electron chi connectivity index (χ0n) is 21.3. The standard InChI is InChI=1S/C31H30N2O6/c34-28(30(37)39-21-23-11-5-2-6-12-23)20-33(19-22-9-3-1-4-10-22)31(38)32-27(29(35)36)18-24-15-16-25-13-7-8-14-26(25)17-24/h1-17,27-28,34H,18-21H2,(H,32,38)(H,35,36)/t27-,28?/m0/s1. The molecule has 39 heavy (non-hydrogen) atoms. The molecule has 3 N–H and O–H groups in total. The topological polar surface area (TPSA) is 116 Å². The van der Waals surface area contributed by atoms with E-state index in [0.29, 0.717) is 0 Å². The summed E-state index contributed by atoms with van der Waals surface area (Å²) in [6.07, 6.45) is -1.56. The summed E-state index contributed by atoms with van der Waals surface area (Å²) in [5.74, 6) is -2.07. The quantitative estimate of drug-likeness (QED) is 0.253. The summed E-state index contributed by atoms with van der Waals surface area (Å²) in [5, 5.41) is 25.0. The molecule has 0 aliphatic rings. The summed E-state index contributed by atoms with van der Waals surface area (Å²) in [6.45, 7) is -0.344. The lowest BCUT2D eigenvalue weighted by Crippen LogP contribution is -2.51. The minimum Gasteiger partial charge on any atom is -0.480 e. The number of carboxylic acid groups (broad SMARTS) is 1. The molecule has 8 nitrogen and oxygen atoms in total. The third kappa shape index (κ3) is 7.90. The van der Waals surface area contributed by atoms with E-state index < -0.39 is 30.1 Å². The van der Waals surface area contributed by atoms with Gasteiger partial charge in [-0.25, -0.2) is 14.4 Å². The van der Waals surface area contributed by atoms with Crippen molar-refractivity contribution in [3.8, 4) is 0 Å². The number of hydrogen-bond acceptors (Lipinski definition) is 5. The van der Waals surface area contributed by atoms with Gasteiger partial charge >= 0.3 is 18.0 Å². The summed E-state index contributed by atoms with van der Waals surface area (Å²) in [6, 6.07) is 29.5. The Kier molecular flexibility index (Phi) is 9.26. The highest BCUT2D eigenvalue weighted by Gasteiger charge is 2.28. The molecule has 4 aromatic carbocycles. The second-order valence-corrected chi connectivity index (χ2v) is 9.20. The van der Waals surface area contributed by atoms with Gasteiger partial charge in [0.2, 0.25) is 0 Å². The molecule has 0 saturated heterocycles. The fourth-order valence-corrected chi connectivity index (χ4v) is 4.17. The summed E-state index contributed by atoms with van der Waals surface area (Å²) >= 11 is 0. The number of amides is 2. The molecule has 4 rings (SSSR count). The summed E-state index contributed by atoms with van der Waals surface area (Å²) < 4.78 is 5.21. The average Bonchev–Trinajstić information content (AvgIpc) is 2.96. The Balaban J connectivity index is 1.45. The van der Waals surface area contributed by atoms with E-state index in [9.17, 15) is 24.6 Å². The minimum atomic E-state index is -1.62. The van der Waals surface area contributed by atoms with Crippen molar-refractivity contribution in [2.24, 2.45) is 0 Å². The Bertz CT molecular complexity index is 1410. The molecule has 0 heterocycles. The Hall–Kier alpha value is -4.69. The number of esters is 1. The molecule has 0 radical (unpaired) electrons. The average molecular weight is 527 g/mol. The fourth-order valence-electron chi connectivity index (χ4n) is 4.17. The number of ether oxygens (including phenoxy) is 1. The molecule has 2 amide bonds. The van der Waals surface area contributed by atoms with Crippen LogP contribution in [-0.4, -0.2) is 51.8 Å². The first kappa shape index (κ1) is 27.3. The number of aliphatic hydroxyl groups excluding tert-OH is 1. The van der Waals surface area contributed by atoms with Gasteiger partial charge in [0.25, 0.3) is 0 Å². The number of urea groups is 1. The van der Waals surface area contributed by atoms with E-state index >= 15 is 0 Å². The number of fused-ring (bicyclic) bond motifs is 1. The van der Waals surface area contributed by atoms with E-state index in [4.69, 9.17) is 4.74 Å². The fraction of sp³-hybridized carbons (Fsp3) is 0.194. The summed E-state index contributed by atoms with van der Waals surface area (Å²) in [4.78, 5) is 39.1. The van der Waals surface area contributed by atoms with Crippen LogP contribution in [0.1, 0.15) is 16.7 Å².